The Balaban J connectivity index is 2.04. The minimum atomic E-state index is -0.762. The molecule has 16 heavy (non-hydrogen) atoms. The number of non-ortho nitro benzene ring substituents is 1. The van der Waals surface area contributed by atoms with Crippen LogP contribution in [-0.2, 0) is 4.79 Å². The number of benzene rings is 1. The van der Waals surface area contributed by atoms with Crippen LogP contribution in [0.2, 0.25) is 0 Å². The highest BCUT2D eigenvalue weighted by atomic mass is 16.6. The van der Waals surface area contributed by atoms with E-state index in [1.165, 1.54) is 18.2 Å². The number of nitrogens with zero attached hydrogens (tertiary/aromatic N) is 1. The highest BCUT2D eigenvalue weighted by Gasteiger charge is 2.55. The van der Waals surface area contributed by atoms with Crippen molar-refractivity contribution in [3.8, 4) is 5.75 Å². The fourth-order valence-corrected chi connectivity index (χ4v) is 1.75. The summed E-state index contributed by atoms with van der Waals surface area (Å²) in [5.74, 6) is 0.222. The Bertz CT molecular complexity index is 508. The van der Waals surface area contributed by atoms with Crippen molar-refractivity contribution in [3.05, 3.63) is 28.3 Å². The van der Waals surface area contributed by atoms with E-state index >= 15 is 0 Å². The maximum atomic E-state index is 11.6. The van der Waals surface area contributed by atoms with E-state index in [-0.39, 0.29) is 11.6 Å². The number of nitro groups is 1. The molecule has 0 saturated heterocycles. The van der Waals surface area contributed by atoms with Crippen LogP contribution in [0.15, 0.2) is 18.2 Å². The van der Waals surface area contributed by atoms with E-state index in [1.54, 1.807) is 0 Å². The second kappa shape index (κ2) is 2.72. The first kappa shape index (κ1) is 9.14. The van der Waals surface area contributed by atoms with Crippen molar-refractivity contribution in [2.45, 2.75) is 18.4 Å². The van der Waals surface area contributed by atoms with Gasteiger partial charge in [0.05, 0.1) is 16.7 Å². The lowest BCUT2D eigenvalue weighted by atomic mass is 10.2. The van der Waals surface area contributed by atoms with Crippen LogP contribution in [0.5, 0.6) is 5.75 Å². The predicted molar refractivity (Wildman–Crippen MR) is 54.3 cm³/mol. The number of rotatable bonds is 1. The summed E-state index contributed by atoms with van der Waals surface area (Å²) in [4.78, 5) is 21.7. The Morgan fingerprint density at radius 3 is 2.81 bits per heavy atom. The van der Waals surface area contributed by atoms with Crippen molar-refractivity contribution >= 4 is 17.3 Å². The highest BCUT2D eigenvalue weighted by Crippen LogP contribution is 2.47. The quantitative estimate of drug-likeness (QED) is 0.573. The van der Waals surface area contributed by atoms with Gasteiger partial charge in [0.2, 0.25) is 0 Å². The number of hydrogen-bond donors (Lipinski definition) is 1. The molecule has 1 fully saturated rings. The first-order valence-electron chi connectivity index (χ1n) is 4.90. The summed E-state index contributed by atoms with van der Waals surface area (Å²) in [6.45, 7) is 0. The highest BCUT2D eigenvalue weighted by molar-refractivity contribution is 6.02. The summed E-state index contributed by atoms with van der Waals surface area (Å²) in [7, 11) is 0. The van der Waals surface area contributed by atoms with Crippen LogP contribution in [-0.4, -0.2) is 16.4 Å². The molecular formula is C10H8N2O4. The van der Waals surface area contributed by atoms with Crippen LogP contribution in [0.4, 0.5) is 11.4 Å². The van der Waals surface area contributed by atoms with E-state index in [9.17, 15) is 14.9 Å². The molecule has 1 aliphatic heterocycles. The lowest BCUT2D eigenvalue weighted by molar-refractivity contribution is -0.384. The molecule has 1 saturated carbocycles. The lowest BCUT2D eigenvalue weighted by Crippen LogP contribution is -2.38. The molecule has 1 aliphatic carbocycles. The summed E-state index contributed by atoms with van der Waals surface area (Å²) in [5, 5.41) is 13.3. The van der Waals surface area contributed by atoms with Gasteiger partial charge in [-0.15, -0.1) is 0 Å². The number of nitro benzene ring substituents is 1. The standard InChI is InChI=1S/C10H8N2O4/c13-9-10(3-4-10)16-8-5-6(12(14)15)1-2-7(8)11-9/h1-2,5H,3-4H2,(H,11,13). The van der Waals surface area contributed by atoms with Crippen LogP contribution in [0, 0.1) is 10.1 Å². The fraction of sp³-hybridized carbons (Fsp3) is 0.300. The SMILES string of the molecule is O=C1Nc2ccc([N+](=O)[O-])cc2OC12CC2. The summed E-state index contributed by atoms with van der Waals surface area (Å²) in [6, 6.07) is 4.17. The maximum absolute atomic E-state index is 11.6. The average Bonchev–Trinajstić information content (AvgIpc) is 3.00. The average molecular weight is 220 g/mol. The molecule has 0 atom stereocenters. The predicted octanol–water partition coefficient (Wildman–Crippen LogP) is 1.46. The van der Waals surface area contributed by atoms with Crippen molar-refractivity contribution in [2.75, 3.05) is 5.32 Å². The third-order valence-electron chi connectivity index (χ3n) is 2.85. The van der Waals surface area contributed by atoms with Crippen LogP contribution in [0.25, 0.3) is 0 Å². The second-order valence-electron chi connectivity index (χ2n) is 3.99. The number of fused-ring (bicyclic) bond motifs is 1. The Kier molecular flexibility index (Phi) is 1.55. The molecular weight excluding hydrogens is 212 g/mol. The van der Waals surface area contributed by atoms with Crippen LogP contribution in [0.3, 0.4) is 0 Å². The van der Waals surface area contributed by atoms with Crippen LogP contribution < -0.4 is 10.1 Å². The van der Waals surface area contributed by atoms with Gasteiger partial charge in [-0.05, 0) is 6.07 Å². The number of amides is 1. The number of carbonyl (C=O) groups excluding carboxylic acids is 1. The number of ether oxygens (including phenoxy) is 1. The van der Waals surface area contributed by atoms with Gasteiger partial charge >= 0.3 is 0 Å². The van der Waals surface area contributed by atoms with Crippen molar-refractivity contribution in [3.63, 3.8) is 0 Å². The fourth-order valence-electron chi connectivity index (χ4n) is 1.75. The van der Waals surface area contributed by atoms with Crippen molar-refractivity contribution in [1.29, 1.82) is 0 Å². The third kappa shape index (κ3) is 1.16. The van der Waals surface area contributed by atoms with E-state index in [1.807, 2.05) is 0 Å². The van der Waals surface area contributed by atoms with E-state index in [4.69, 9.17) is 4.74 Å². The lowest BCUT2D eigenvalue weighted by Gasteiger charge is -2.25. The first-order valence-corrected chi connectivity index (χ1v) is 4.90. The number of nitrogens with one attached hydrogen (secondary N) is 1. The Hall–Kier alpha value is -2.11. The van der Waals surface area contributed by atoms with Gasteiger partial charge < -0.3 is 10.1 Å². The summed E-state index contributed by atoms with van der Waals surface area (Å²) >= 11 is 0. The summed E-state index contributed by atoms with van der Waals surface area (Å²) in [5.41, 5.74) is -0.304. The molecule has 0 radical (unpaired) electrons. The Labute approximate surface area is 90.4 Å². The molecule has 0 unspecified atom stereocenters. The Morgan fingerprint density at radius 2 is 2.19 bits per heavy atom. The van der Waals surface area contributed by atoms with Gasteiger partial charge in [-0.3, -0.25) is 14.9 Å². The van der Waals surface area contributed by atoms with Gasteiger partial charge in [-0.2, -0.15) is 0 Å². The molecule has 3 rings (SSSR count). The Morgan fingerprint density at radius 1 is 1.44 bits per heavy atom. The monoisotopic (exact) mass is 220 g/mol. The maximum Gasteiger partial charge on any atom is 0.273 e. The zero-order valence-corrected chi connectivity index (χ0v) is 8.23. The number of carbonyl (C=O) groups is 1. The largest absolute Gasteiger partial charge is 0.475 e. The molecule has 2 aliphatic rings. The van der Waals surface area contributed by atoms with Gasteiger partial charge in [0.15, 0.2) is 11.4 Å². The zero-order chi connectivity index (χ0) is 11.3. The smallest absolute Gasteiger partial charge is 0.273 e. The van der Waals surface area contributed by atoms with Gasteiger partial charge in [-0.1, -0.05) is 0 Å². The van der Waals surface area contributed by atoms with Crippen LogP contribution >= 0.6 is 0 Å². The van der Waals surface area contributed by atoms with Crippen molar-refractivity contribution in [2.24, 2.45) is 0 Å². The third-order valence-corrected chi connectivity index (χ3v) is 2.85. The van der Waals surface area contributed by atoms with Gasteiger partial charge in [-0.25, -0.2) is 0 Å². The van der Waals surface area contributed by atoms with Gasteiger partial charge in [0.25, 0.3) is 11.6 Å². The molecule has 6 heteroatoms. The van der Waals surface area contributed by atoms with Gasteiger partial charge in [0.1, 0.15) is 0 Å². The van der Waals surface area contributed by atoms with Crippen LogP contribution in [0.1, 0.15) is 12.8 Å². The second-order valence-corrected chi connectivity index (χ2v) is 3.99. The normalized spacial score (nSPS) is 19.6. The molecule has 82 valence electrons. The molecule has 1 N–H and O–H groups in total. The minimum Gasteiger partial charge on any atom is -0.475 e. The van der Waals surface area contributed by atoms with E-state index in [2.05, 4.69) is 5.32 Å². The molecule has 1 heterocycles. The molecule has 1 amide bonds. The summed E-state index contributed by atoms with van der Waals surface area (Å²) in [6.07, 6.45) is 1.34. The molecule has 1 aromatic rings. The van der Waals surface area contributed by atoms with E-state index < -0.39 is 10.5 Å². The molecule has 1 spiro atoms. The van der Waals surface area contributed by atoms with E-state index in [0.717, 1.165) is 0 Å². The number of hydrogen-bond acceptors (Lipinski definition) is 4. The topological polar surface area (TPSA) is 81.5 Å². The van der Waals surface area contributed by atoms with E-state index in [0.29, 0.717) is 24.3 Å². The first-order chi connectivity index (χ1) is 7.61. The zero-order valence-electron chi connectivity index (χ0n) is 8.23. The molecule has 0 aromatic heterocycles. The summed E-state index contributed by atoms with van der Waals surface area (Å²) < 4.78 is 5.52. The number of anilines is 1. The molecule has 0 bridgehead atoms. The van der Waals surface area contributed by atoms with Crippen molar-refractivity contribution in [1.82, 2.24) is 0 Å². The minimum absolute atomic E-state index is 0.0364. The molecule has 6 nitrogen and oxygen atoms in total. The van der Waals surface area contributed by atoms with Gasteiger partial charge in [0, 0.05) is 18.9 Å². The molecule has 1 aromatic carbocycles. The van der Waals surface area contributed by atoms with Crippen molar-refractivity contribution < 1.29 is 14.5 Å².